The molecule has 0 saturated carbocycles. The summed E-state index contributed by atoms with van der Waals surface area (Å²) in [6, 6.07) is 9.77. The van der Waals surface area contributed by atoms with E-state index in [1.54, 1.807) is 0 Å². The minimum atomic E-state index is -0.474. The second-order valence-electron chi connectivity index (χ2n) is 5.58. The molecule has 24 heavy (non-hydrogen) atoms. The van der Waals surface area contributed by atoms with Crippen LogP contribution in [-0.4, -0.2) is 38.4 Å². The summed E-state index contributed by atoms with van der Waals surface area (Å²) in [5, 5.41) is 0. The molecule has 1 rings (SSSR count). The Balaban J connectivity index is 1.95. The zero-order valence-corrected chi connectivity index (χ0v) is 14.5. The number of hydrogen-bond acceptors (Lipinski definition) is 5. The molecule has 0 fully saturated rings. The lowest BCUT2D eigenvalue weighted by Crippen LogP contribution is -2.19. The second kappa shape index (κ2) is 13.5. The van der Waals surface area contributed by atoms with Gasteiger partial charge in [-0.15, -0.1) is 0 Å². The van der Waals surface area contributed by atoms with Gasteiger partial charge >= 0.3 is 11.9 Å². The van der Waals surface area contributed by atoms with Crippen molar-refractivity contribution in [1.29, 1.82) is 0 Å². The van der Waals surface area contributed by atoms with E-state index >= 15 is 0 Å². The first-order chi connectivity index (χ1) is 11.7. The van der Waals surface area contributed by atoms with E-state index in [0.717, 1.165) is 18.4 Å². The molecule has 5 nitrogen and oxygen atoms in total. The topological polar surface area (TPSA) is 61.8 Å². The van der Waals surface area contributed by atoms with E-state index < -0.39 is 11.9 Å². The molecule has 0 amide bonds. The zero-order valence-electron chi connectivity index (χ0n) is 14.5. The number of unbranched alkanes of at least 4 members (excludes halogenated alkanes) is 4. The summed E-state index contributed by atoms with van der Waals surface area (Å²) in [4.78, 5) is 22.9. The van der Waals surface area contributed by atoms with E-state index in [-0.39, 0.29) is 13.2 Å². The lowest BCUT2D eigenvalue weighted by Gasteiger charge is -2.07. The molecule has 5 heteroatoms. The molecule has 0 saturated heterocycles. The van der Waals surface area contributed by atoms with Gasteiger partial charge in [0.2, 0.25) is 0 Å². The predicted molar refractivity (Wildman–Crippen MR) is 91.6 cm³/mol. The fourth-order valence-electron chi connectivity index (χ4n) is 2.12. The molecular weight excluding hydrogens is 308 g/mol. The number of esters is 2. The third-order valence-corrected chi connectivity index (χ3v) is 3.45. The standard InChI is InChI=1S/C19H28O5/c1-2-3-4-5-9-13-23-18(20)15-22-16-19(21)24-14-12-17-10-7-6-8-11-17/h6-8,10-11H,2-5,9,12-16H2,1H3. The first-order valence-corrected chi connectivity index (χ1v) is 8.65. The SMILES string of the molecule is CCCCCCCOC(=O)COCC(=O)OCCc1ccccc1. The van der Waals surface area contributed by atoms with Gasteiger partial charge in [-0.05, 0) is 12.0 Å². The smallest absolute Gasteiger partial charge is 0.332 e. The zero-order chi connectivity index (χ0) is 17.5. The molecule has 0 radical (unpaired) electrons. The molecule has 0 spiro atoms. The van der Waals surface area contributed by atoms with Crippen LogP contribution in [0, 0.1) is 0 Å². The minimum Gasteiger partial charge on any atom is -0.464 e. The summed E-state index contributed by atoms with van der Waals surface area (Å²) in [6.45, 7) is 2.41. The number of hydrogen-bond donors (Lipinski definition) is 0. The molecule has 134 valence electrons. The van der Waals surface area contributed by atoms with E-state index in [1.807, 2.05) is 30.3 Å². The van der Waals surface area contributed by atoms with Crippen molar-refractivity contribution in [3.05, 3.63) is 35.9 Å². The normalized spacial score (nSPS) is 10.4. The van der Waals surface area contributed by atoms with Crippen molar-refractivity contribution in [1.82, 2.24) is 0 Å². The Morgan fingerprint density at radius 3 is 2.12 bits per heavy atom. The molecule has 1 aromatic rings. The molecule has 0 N–H and O–H groups in total. The quantitative estimate of drug-likeness (QED) is 0.408. The van der Waals surface area contributed by atoms with Crippen LogP contribution in [0.25, 0.3) is 0 Å². The van der Waals surface area contributed by atoms with Gasteiger partial charge in [0.05, 0.1) is 13.2 Å². The van der Waals surface area contributed by atoms with E-state index in [9.17, 15) is 9.59 Å². The third kappa shape index (κ3) is 10.8. The van der Waals surface area contributed by atoms with Crippen molar-refractivity contribution in [2.75, 3.05) is 26.4 Å². The van der Waals surface area contributed by atoms with Crippen molar-refractivity contribution >= 4 is 11.9 Å². The van der Waals surface area contributed by atoms with Crippen molar-refractivity contribution in [2.45, 2.75) is 45.4 Å². The van der Waals surface area contributed by atoms with Gasteiger partial charge in [0, 0.05) is 6.42 Å². The Kier molecular flexibility index (Phi) is 11.4. The highest BCUT2D eigenvalue weighted by atomic mass is 16.6. The predicted octanol–water partition coefficient (Wildman–Crippen LogP) is 3.30. The van der Waals surface area contributed by atoms with Crippen LogP contribution >= 0.6 is 0 Å². The van der Waals surface area contributed by atoms with Crippen LogP contribution in [-0.2, 0) is 30.2 Å². The lowest BCUT2D eigenvalue weighted by atomic mass is 10.2. The Morgan fingerprint density at radius 2 is 1.46 bits per heavy atom. The summed E-state index contributed by atoms with van der Waals surface area (Å²) < 4.78 is 15.1. The van der Waals surface area contributed by atoms with Crippen LogP contribution in [0.4, 0.5) is 0 Å². The summed E-state index contributed by atoms with van der Waals surface area (Å²) in [5.41, 5.74) is 1.11. The Bertz CT molecular complexity index is 458. The Hall–Kier alpha value is -1.88. The third-order valence-electron chi connectivity index (χ3n) is 3.45. The number of carbonyl (C=O) groups is 2. The Morgan fingerprint density at radius 1 is 0.833 bits per heavy atom. The van der Waals surface area contributed by atoms with Crippen molar-refractivity contribution in [2.24, 2.45) is 0 Å². The maximum atomic E-state index is 11.5. The highest BCUT2D eigenvalue weighted by molar-refractivity contribution is 5.73. The van der Waals surface area contributed by atoms with Gasteiger partial charge in [-0.2, -0.15) is 0 Å². The van der Waals surface area contributed by atoms with Crippen LogP contribution in [0.1, 0.15) is 44.6 Å². The number of carbonyl (C=O) groups excluding carboxylic acids is 2. The molecule has 0 unspecified atom stereocenters. The minimum absolute atomic E-state index is 0.219. The van der Waals surface area contributed by atoms with Gasteiger partial charge in [-0.25, -0.2) is 9.59 Å². The summed E-state index contributed by atoms with van der Waals surface area (Å²) in [6.07, 6.45) is 6.16. The van der Waals surface area contributed by atoms with E-state index in [4.69, 9.17) is 14.2 Å². The molecule has 0 aliphatic carbocycles. The average molecular weight is 336 g/mol. The number of benzene rings is 1. The number of rotatable bonds is 13. The number of ether oxygens (including phenoxy) is 3. The lowest BCUT2D eigenvalue weighted by molar-refractivity contribution is -0.155. The molecule has 0 atom stereocenters. The van der Waals surface area contributed by atoms with Crippen LogP contribution < -0.4 is 0 Å². The molecule has 0 aliphatic heterocycles. The molecule has 1 aromatic carbocycles. The second-order valence-corrected chi connectivity index (χ2v) is 5.58. The van der Waals surface area contributed by atoms with Gasteiger partial charge in [-0.1, -0.05) is 62.9 Å². The van der Waals surface area contributed by atoms with Gasteiger partial charge < -0.3 is 14.2 Å². The molecule has 0 aromatic heterocycles. The summed E-state index contributed by atoms with van der Waals surface area (Å²) in [5.74, 6) is -0.916. The average Bonchev–Trinajstić information content (AvgIpc) is 2.59. The highest BCUT2D eigenvalue weighted by Gasteiger charge is 2.07. The van der Waals surface area contributed by atoms with Crippen molar-refractivity contribution in [3.8, 4) is 0 Å². The van der Waals surface area contributed by atoms with E-state index in [2.05, 4.69) is 6.92 Å². The molecule has 0 aliphatic rings. The van der Waals surface area contributed by atoms with Gasteiger partial charge in [0.25, 0.3) is 0 Å². The van der Waals surface area contributed by atoms with Gasteiger partial charge in [-0.3, -0.25) is 0 Å². The van der Waals surface area contributed by atoms with Crippen molar-refractivity contribution < 1.29 is 23.8 Å². The fraction of sp³-hybridized carbons (Fsp3) is 0.579. The molecular formula is C19H28O5. The van der Waals surface area contributed by atoms with Crippen LogP contribution in [0.5, 0.6) is 0 Å². The van der Waals surface area contributed by atoms with Crippen LogP contribution in [0.2, 0.25) is 0 Å². The van der Waals surface area contributed by atoms with Gasteiger partial charge in [0.15, 0.2) is 0 Å². The summed E-state index contributed by atoms with van der Waals surface area (Å²) in [7, 11) is 0. The van der Waals surface area contributed by atoms with Crippen LogP contribution in [0.15, 0.2) is 30.3 Å². The largest absolute Gasteiger partial charge is 0.464 e. The maximum Gasteiger partial charge on any atom is 0.332 e. The first kappa shape index (κ1) is 20.2. The van der Waals surface area contributed by atoms with Gasteiger partial charge in [0.1, 0.15) is 13.2 Å². The van der Waals surface area contributed by atoms with E-state index in [0.29, 0.717) is 19.6 Å². The Labute approximate surface area is 144 Å². The summed E-state index contributed by atoms with van der Waals surface area (Å²) >= 11 is 0. The molecule has 0 heterocycles. The van der Waals surface area contributed by atoms with E-state index in [1.165, 1.54) is 19.3 Å². The first-order valence-electron chi connectivity index (χ1n) is 8.65. The fourth-order valence-corrected chi connectivity index (χ4v) is 2.12. The van der Waals surface area contributed by atoms with Crippen LogP contribution in [0.3, 0.4) is 0 Å². The molecule has 0 bridgehead atoms. The highest BCUT2D eigenvalue weighted by Crippen LogP contribution is 2.02. The monoisotopic (exact) mass is 336 g/mol. The maximum absolute atomic E-state index is 11.5. The van der Waals surface area contributed by atoms with Crippen molar-refractivity contribution in [3.63, 3.8) is 0 Å².